The molecule has 0 saturated heterocycles. The molecule has 0 radical (unpaired) electrons. The van der Waals surface area contributed by atoms with E-state index in [1.165, 1.54) is 18.4 Å². The lowest BCUT2D eigenvalue weighted by Gasteiger charge is -1.90. The fourth-order valence-corrected chi connectivity index (χ4v) is 2.47. The standard InChI is InChI=1S/C9H6BrNO2S/c1-13-9(12)6-4-5-2-3-7(10)11-8(5)14-6/h2-4H,1H3. The summed E-state index contributed by atoms with van der Waals surface area (Å²) in [7, 11) is 1.37. The summed E-state index contributed by atoms with van der Waals surface area (Å²) in [4.78, 5) is 16.9. The quantitative estimate of drug-likeness (QED) is 0.592. The molecule has 0 atom stereocenters. The Kier molecular flexibility index (Phi) is 2.52. The number of rotatable bonds is 1. The lowest BCUT2D eigenvalue weighted by molar-refractivity contribution is 0.0606. The molecule has 3 nitrogen and oxygen atoms in total. The molecular weight excluding hydrogens is 266 g/mol. The van der Waals surface area contributed by atoms with Crippen LogP contribution >= 0.6 is 27.3 Å². The molecular formula is C9H6BrNO2S. The van der Waals surface area contributed by atoms with Crippen LogP contribution in [0.25, 0.3) is 10.2 Å². The van der Waals surface area contributed by atoms with E-state index in [-0.39, 0.29) is 5.97 Å². The summed E-state index contributed by atoms with van der Waals surface area (Å²) in [5, 5.41) is 0.957. The molecule has 0 aliphatic rings. The summed E-state index contributed by atoms with van der Waals surface area (Å²) in [6, 6.07) is 5.54. The van der Waals surface area contributed by atoms with Crippen molar-refractivity contribution >= 4 is 43.5 Å². The number of ether oxygens (including phenoxy) is 1. The van der Waals surface area contributed by atoms with Gasteiger partial charge in [0.2, 0.25) is 0 Å². The minimum absolute atomic E-state index is 0.316. The van der Waals surface area contributed by atoms with E-state index in [9.17, 15) is 4.79 Å². The highest BCUT2D eigenvalue weighted by Crippen LogP contribution is 2.25. The molecule has 72 valence electrons. The molecule has 0 saturated carbocycles. The molecule has 0 N–H and O–H groups in total. The summed E-state index contributed by atoms with van der Waals surface area (Å²) in [6.45, 7) is 0. The smallest absolute Gasteiger partial charge is 0.348 e. The van der Waals surface area contributed by atoms with Crippen LogP contribution in [0.1, 0.15) is 9.67 Å². The Morgan fingerprint density at radius 2 is 2.36 bits per heavy atom. The van der Waals surface area contributed by atoms with Crippen molar-refractivity contribution in [1.29, 1.82) is 0 Å². The zero-order chi connectivity index (χ0) is 10.1. The Bertz CT molecular complexity index is 495. The molecule has 2 heterocycles. The molecule has 0 spiro atoms. The third-order valence-electron chi connectivity index (χ3n) is 1.74. The van der Waals surface area contributed by atoms with Crippen molar-refractivity contribution < 1.29 is 9.53 Å². The fraction of sp³-hybridized carbons (Fsp3) is 0.111. The number of halogens is 1. The molecule has 0 bridgehead atoms. The van der Waals surface area contributed by atoms with Crippen LogP contribution in [0.5, 0.6) is 0 Å². The minimum atomic E-state index is -0.316. The van der Waals surface area contributed by atoms with Crippen LogP contribution in [-0.4, -0.2) is 18.1 Å². The predicted octanol–water partition coefficient (Wildman–Crippen LogP) is 2.85. The molecule has 2 aromatic heterocycles. The molecule has 0 unspecified atom stereocenters. The topological polar surface area (TPSA) is 39.2 Å². The summed E-state index contributed by atoms with van der Waals surface area (Å²) >= 11 is 4.60. The van der Waals surface area contributed by atoms with Gasteiger partial charge in [0, 0.05) is 5.39 Å². The largest absolute Gasteiger partial charge is 0.465 e. The molecule has 14 heavy (non-hydrogen) atoms. The van der Waals surface area contributed by atoms with Gasteiger partial charge in [-0.3, -0.25) is 0 Å². The van der Waals surface area contributed by atoms with Gasteiger partial charge in [-0.1, -0.05) is 0 Å². The highest BCUT2D eigenvalue weighted by molar-refractivity contribution is 9.10. The zero-order valence-corrected chi connectivity index (χ0v) is 9.68. The van der Waals surface area contributed by atoms with Crippen LogP contribution in [-0.2, 0) is 4.74 Å². The first-order chi connectivity index (χ1) is 6.70. The Balaban J connectivity index is 2.56. The van der Waals surface area contributed by atoms with Gasteiger partial charge in [0.15, 0.2) is 0 Å². The first kappa shape index (κ1) is 9.61. The number of pyridine rings is 1. The van der Waals surface area contributed by atoms with Gasteiger partial charge in [0.05, 0.1) is 7.11 Å². The van der Waals surface area contributed by atoms with Crippen LogP contribution in [0.3, 0.4) is 0 Å². The molecule has 0 aromatic carbocycles. The first-order valence-electron chi connectivity index (χ1n) is 3.85. The maximum Gasteiger partial charge on any atom is 0.348 e. The van der Waals surface area contributed by atoms with Crippen molar-refractivity contribution in [3.63, 3.8) is 0 Å². The van der Waals surface area contributed by atoms with Crippen molar-refractivity contribution in [2.75, 3.05) is 7.11 Å². The number of esters is 1. The number of nitrogens with zero attached hydrogens (tertiary/aromatic N) is 1. The number of thiophene rings is 1. The summed E-state index contributed by atoms with van der Waals surface area (Å²) in [5.74, 6) is -0.316. The van der Waals surface area contributed by atoms with Crippen molar-refractivity contribution in [3.05, 3.63) is 27.7 Å². The fourth-order valence-electron chi connectivity index (χ4n) is 1.10. The minimum Gasteiger partial charge on any atom is -0.465 e. The first-order valence-corrected chi connectivity index (χ1v) is 5.46. The van der Waals surface area contributed by atoms with Crippen molar-refractivity contribution in [3.8, 4) is 0 Å². The number of carbonyl (C=O) groups is 1. The molecule has 0 aliphatic heterocycles. The molecule has 2 rings (SSSR count). The van der Waals surface area contributed by atoms with E-state index >= 15 is 0 Å². The SMILES string of the molecule is COC(=O)c1cc2ccc(Br)nc2s1. The Labute approximate surface area is 92.8 Å². The molecule has 0 amide bonds. The second-order valence-electron chi connectivity index (χ2n) is 2.63. The number of hydrogen-bond acceptors (Lipinski definition) is 4. The Hall–Kier alpha value is -0.940. The van der Waals surface area contributed by atoms with E-state index in [0.29, 0.717) is 4.88 Å². The maximum absolute atomic E-state index is 11.2. The van der Waals surface area contributed by atoms with E-state index in [1.807, 2.05) is 12.1 Å². The van der Waals surface area contributed by atoms with E-state index < -0.39 is 0 Å². The van der Waals surface area contributed by atoms with Crippen molar-refractivity contribution in [1.82, 2.24) is 4.98 Å². The second-order valence-corrected chi connectivity index (χ2v) is 4.47. The molecule has 2 aromatic rings. The Morgan fingerprint density at radius 1 is 1.57 bits per heavy atom. The number of carbonyl (C=O) groups excluding carboxylic acids is 1. The van der Waals surface area contributed by atoms with E-state index in [0.717, 1.165) is 14.8 Å². The highest BCUT2D eigenvalue weighted by atomic mass is 79.9. The summed E-state index contributed by atoms with van der Waals surface area (Å²) in [5.41, 5.74) is 0. The number of methoxy groups -OCH3 is 1. The van der Waals surface area contributed by atoms with Crippen LogP contribution in [0.4, 0.5) is 0 Å². The molecule has 5 heteroatoms. The van der Waals surface area contributed by atoms with Gasteiger partial charge in [0.1, 0.15) is 14.3 Å². The van der Waals surface area contributed by atoms with Gasteiger partial charge in [-0.25, -0.2) is 9.78 Å². The normalized spacial score (nSPS) is 10.4. The lowest BCUT2D eigenvalue weighted by atomic mass is 10.3. The summed E-state index contributed by atoms with van der Waals surface area (Å²) in [6.07, 6.45) is 0. The van der Waals surface area contributed by atoms with E-state index in [1.54, 1.807) is 6.07 Å². The van der Waals surface area contributed by atoms with Crippen LogP contribution < -0.4 is 0 Å². The average molecular weight is 272 g/mol. The summed E-state index contributed by atoms with van der Waals surface area (Å²) < 4.78 is 5.39. The van der Waals surface area contributed by atoms with E-state index in [2.05, 4.69) is 25.7 Å². The van der Waals surface area contributed by atoms with Crippen molar-refractivity contribution in [2.24, 2.45) is 0 Å². The Morgan fingerprint density at radius 3 is 3.07 bits per heavy atom. The molecule has 0 aliphatic carbocycles. The number of fused-ring (bicyclic) bond motifs is 1. The van der Waals surface area contributed by atoms with Crippen molar-refractivity contribution in [2.45, 2.75) is 0 Å². The monoisotopic (exact) mass is 271 g/mol. The lowest BCUT2D eigenvalue weighted by Crippen LogP contribution is -1.96. The third kappa shape index (κ3) is 1.65. The van der Waals surface area contributed by atoms with Gasteiger partial charge in [-0.2, -0.15) is 0 Å². The van der Waals surface area contributed by atoms with Gasteiger partial charge < -0.3 is 4.74 Å². The highest BCUT2D eigenvalue weighted by Gasteiger charge is 2.10. The number of aromatic nitrogens is 1. The van der Waals surface area contributed by atoms with Gasteiger partial charge in [-0.05, 0) is 34.1 Å². The van der Waals surface area contributed by atoms with Crippen LogP contribution in [0.2, 0.25) is 0 Å². The van der Waals surface area contributed by atoms with Crippen LogP contribution in [0.15, 0.2) is 22.8 Å². The van der Waals surface area contributed by atoms with Gasteiger partial charge in [0.25, 0.3) is 0 Å². The predicted molar refractivity (Wildman–Crippen MR) is 58.7 cm³/mol. The zero-order valence-electron chi connectivity index (χ0n) is 7.28. The van der Waals surface area contributed by atoms with Gasteiger partial charge in [-0.15, -0.1) is 11.3 Å². The van der Waals surface area contributed by atoms with Gasteiger partial charge >= 0.3 is 5.97 Å². The third-order valence-corrected chi connectivity index (χ3v) is 3.20. The van der Waals surface area contributed by atoms with E-state index in [4.69, 9.17) is 0 Å². The number of hydrogen-bond donors (Lipinski definition) is 0. The second kappa shape index (κ2) is 3.67. The van der Waals surface area contributed by atoms with Crippen LogP contribution in [0, 0.1) is 0 Å². The molecule has 0 fully saturated rings. The average Bonchev–Trinajstić information content (AvgIpc) is 2.59. The maximum atomic E-state index is 11.2.